The lowest BCUT2D eigenvalue weighted by atomic mass is 10.1. The molecule has 0 spiro atoms. The van der Waals surface area contributed by atoms with E-state index in [0.717, 1.165) is 42.2 Å². The Labute approximate surface area is 132 Å². The van der Waals surface area contributed by atoms with Gasteiger partial charge in [0.05, 0.1) is 6.20 Å². The fourth-order valence-electron chi connectivity index (χ4n) is 3.46. The van der Waals surface area contributed by atoms with Crippen LogP contribution in [0.3, 0.4) is 0 Å². The van der Waals surface area contributed by atoms with Crippen molar-refractivity contribution < 1.29 is 4.79 Å². The van der Waals surface area contributed by atoms with Gasteiger partial charge in [0.25, 0.3) is 5.56 Å². The number of H-pyrrole nitrogens is 1. The first-order valence-corrected chi connectivity index (χ1v) is 7.98. The second kappa shape index (κ2) is 5.53. The Hall–Kier alpha value is -2.63. The summed E-state index contributed by atoms with van der Waals surface area (Å²) in [6.07, 6.45) is 4.96. The first-order valence-electron chi connectivity index (χ1n) is 7.98. The zero-order chi connectivity index (χ0) is 15.8. The first-order chi connectivity index (χ1) is 11.3. The minimum atomic E-state index is -0.259. The van der Waals surface area contributed by atoms with Crippen LogP contribution < -0.4 is 5.56 Å². The Morgan fingerprint density at radius 1 is 1.13 bits per heavy atom. The zero-order valence-corrected chi connectivity index (χ0v) is 12.8. The Balaban J connectivity index is 1.84. The molecule has 23 heavy (non-hydrogen) atoms. The third kappa shape index (κ3) is 2.30. The Bertz CT molecular complexity index is 935. The molecular weight excluding hydrogens is 292 g/mol. The second-order valence-corrected chi connectivity index (χ2v) is 6.01. The lowest BCUT2D eigenvalue weighted by Gasteiger charge is -2.27. The van der Waals surface area contributed by atoms with Crippen molar-refractivity contribution in [3.63, 3.8) is 0 Å². The summed E-state index contributed by atoms with van der Waals surface area (Å²) in [6, 6.07) is 7.75. The van der Waals surface area contributed by atoms with Crippen LogP contribution in [0.1, 0.15) is 19.3 Å². The van der Waals surface area contributed by atoms with Gasteiger partial charge in [-0.05, 0) is 25.3 Å². The molecule has 0 radical (unpaired) electrons. The number of hydrogen-bond acceptors (Lipinski definition) is 3. The molecule has 4 rings (SSSR count). The van der Waals surface area contributed by atoms with Crippen molar-refractivity contribution in [2.24, 2.45) is 0 Å². The van der Waals surface area contributed by atoms with Crippen molar-refractivity contribution in [2.45, 2.75) is 25.8 Å². The highest BCUT2D eigenvalue weighted by molar-refractivity contribution is 6.07. The topological polar surface area (TPSA) is 71.0 Å². The molecule has 118 valence electrons. The Morgan fingerprint density at radius 2 is 1.91 bits per heavy atom. The van der Waals surface area contributed by atoms with Crippen molar-refractivity contribution in [3.8, 4) is 0 Å². The maximum absolute atomic E-state index is 12.6. The van der Waals surface area contributed by atoms with Gasteiger partial charge in [-0.2, -0.15) is 5.10 Å². The van der Waals surface area contributed by atoms with Gasteiger partial charge in [0.2, 0.25) is 5.91 Å². The summed E-state index contributed by atoms with van der Waals surface area (Å²) in [7, 11) is 0. The smallest absolute Gasteiger partial charge is 0.288 e. The minimum Gasteiger partial charge on any atom is -0.341 e. The lowest BCUT2D eigenvalue weighted by molar-refractivity contribution is -0.132. The molecule has 1 aliphatic rings. The molecule has 6 heteroatoms. The van der Waals surface area contributed by atoms with Gasteiger partial charge in [-0.3, -0.25) is 9.59 Å². The number of piperidine rings is 1. The number of rotatable bonds is 2. The first kappa shape index (κ1) is 14.0. The molecule has 2 aromatic heterocycles. The van der Waals surface area contributed by atoms with Crippen molar-refractivity contribution in [1.82, 2.24) is 19.7 Å². The molecule has 1 N–H and O–H groups in total. The second-order valence-electron chi connectivity index (χ2n) is 6.01. The molecule has 0 atom stereocenters. The van der Waals surface area contributed by atoms with Crippen molar-refractivity contribution >= 4 is 27.7 Å². The van der Waals surface area contributed by atoms with Crippen LogP contribution in [0.5, 0.6) is 0 Å². The number of carbonyl (C=O) groups is 1. The van der Waals surface area contributed by atoms with Gasteiger partial charge >= 0.3 is 0 Å². The van der Waals surface area contributed by atoms with E-state index < -0.39 is 0 Å². The quantitative estimate of drug-likeness (QED) is 0.786. The van der Waals surface area contributed by atoms with Crippen LogP contribution in [0.15, 0.2) is 35.3 Å². The molecule has 0 saturated carbocycles. The van der Waals surface area contributed by atoms with E-state index in [1.54, 1.807) is 6.20 Å². The van der Waals surface area contributed by atoms with E-state index >= 15 is 0 Å². The van der Waals surface area contributed by atoms with Gasteiger partial charge in [-0.25, -0.2) is 5.10 Å². The highest BCUT2D eigenvalue weighted by Crippen LogP contribution is 2.26. The predicted octanol–water partition coefficient (Wildman–Crippen LogP) is 1.89. The van der Waals surface area contributed by atoms with E-state index in [1.165, 1.54) is 6.42 Å². The summed E-state index contributed by atoms with van der Waals surface area (Å²) in [5.41, 5.74) is 1.16. The number of nitrogens with zero attached hydrogens (tertiary/aromatic N) is 3. The maximum atomic E-state index is 12.6. The number of benzene rings is 1. The van der Waals surface area contributed by atoms with E-state index in [9.17, 15) is 9.59 Å². The van der Waals surface area contributed by atoms with Gasteiger partial charge in [0, 0.05) is 29.4 Å². The molecule has 1 aliphatic heterocycles. The molecular formula is C17H18N4O2. The number of fused-ring (bicyclic) bond motifs is 3. The number of para-hydroxylation sites is 1. The van der Waals surface area contributed by atoms with Gasteiger partial charge in [-0.1, -0.05) is 18.2 Å². The Morgan fingerprint density at radius 3 is 2.74 bits per heavy atom. The number of amides is 1. The van der Waals surface area contributed by atoms with Gasteiger partial charge < -0.3 is 9.47 Å². The van der Waals surface area contributed by atoms with Gasteiger partial charge in [0.1, 0.15) is 12.1 Å². The maximum Gasteiger partial charge on any atom is 0.288 e. The summed E-state index contributed by atoms with van der Waals surface area (Å²) >= 11 is 0. The number of carbonyl (C=O) groups excluding carboxylic acids is 1. The highest BCUT2D eigenvalue weighted by atomic mass is 16.2. The van der Waals surface area contributed by atoms with Crippen molar-refractivity contribution in [2.75, 3.05) is 13.1 Å². The van der Waals surface area contributed by atoms with Gasteiger partial charge in [0.15, 0.2) is 0 Å². The highest BCUT2D eigenvalue weighted by Gasteiger charge is 2.20. The fourth-order valence-corrected chi connectivity index (χ4v) is 3.46. The number of nitrogens with one attached hydrogen (secondary N) is 1. The molecule has 1 amide bonds. The van der Waals surface area contributed by atoms with Crippen LogP contribution in [0.25, 0.3) is 21.8 Å². The molecule has 3 aromatic rings. The minimum absolute atomic E-state index is 0.0727. The van der Waals surface area contributed by atoms with E-state index in [-0.39, 0.29) is 18.0 Å². The molecule has 0 unspecified atom stereocenters. The van der Waals surface area contributed by atoms with E-state index in [0.29, 0.717) is 5.52 Å². The summed E-state index contributed by atoms with van der Waals surface area (Å²) in [6.45, 7) is 1.82. The van der Waals surface area contributed by atoms with Crippen LogP contribution in [-0.4, -0.2) is 38.7 Å². The molecule has 6 nitrogen and oxygen atoms in total. The normalized spacial score (nSPS) is 15.4. The molecule has 0 aliphatic carbocycles. The third-order valence-corrected chi connectivity index (χ3v) is 4.59. The van der Waals surface area contributed by atoms with Crippen LogP contribution in [0.2, 0.25) is 0 Å². The number of aromatic amines is 1. The van der Waals surface area contributed by atoms with E-state index in [1.807, 2.05) is 33.7 Å². The zero-order valence-electron chi connectivity index (χ0n) is 12.8. The number of hydrogen-bond donors (Lipinski definition) is 1. The average Bonchev–Trinajstić information content (AvgIpc) is 2.91. The molecule has 1 fully saturated rings. The van der Waals surface area contributed by atoms with E-state index in [2.05, 4.69) is 10.2 Å². The monoisotopic (exact) mass is 310 g/mol. The molecule has 1 saturated heterocycles. The standard InChI is InChI=1S/C17H18N4O2/c22-15(20-8-4-1-5-9-20)11-21-14-7-3-2-6-12(14)13-10-18-19-17(23)16(13)21/h2-3,6-7,10H,1,4-5,8-9,11H2,(H,19,23). The largest absolute Gasteiger partial charge is 0.341 e. The summed E-state index contributed by atoms with van der Waals surface area (Å²) in [5.74, 6) is 0.0727. The average molecular weight is 310 g/mol. The van der Waals surface area contributed by atoms with Crippen LogP contribution >= 0.6 is 0 Å². The molecule has 1 aromatic carbocycles. The summed E-state index contributed by atoms with van der Waals surface area (Å²) in [5, 5.41) is 8.12. The van der Waals surface area contributed by atoms with Crippen LogP contribution in [0.4, 0.5) is 0 Å². The van der Waals surface area contributed by atoms with Crippen LogP contribution in [-0.2, 0) is 11.3 Å². The SMILES string of the molecule is O=C(Cn1c2ccccc2c2cn[nH]c(=O)c21)N1CCCCC1. The van der Waals surface area contributed by atoms with E-state index in [4.69, 9.17) is 0 Å². The Kier molecular flexibility index (Phi) is 3.37. The number of likely N-dealkylation sites (tertiary alicyclic amines) is 1. The molecule has 0 bridgehead atoms. The van der Waals surface area contributed by atoms with Gasteiger partial charge in [-0.15, -0.1) is 0 Å². The van der Waals surface area contributed by atoms with Crippen LogP contribution in [0, 0.1) is 0 Å². The van der Waals surface area contributed by atoms with Crippen molar-refractivity contribution in [3.05, 3.63) is 40.8 Å². The fraction of sp³-hybridized carbons (Fsp3) is 0.353. The summed E-state index contributed by atoms with van der Waals surface area (Å²) < 4.78 is 1.82. The molecule has 3 heterocycles. The lowest BCUT2D eigenvalue weighted by Crippen LogP contribution is -2.38. The van der Waals surface area contributed by atoms with Crippen molar-refractivity contribution in [1.29, 1.82) is 0 Å². The predicted molar refractivity (Wildman–Crippen MR) is 88.3 cm³/mol. The summed E-state index contributed by atoms with van der Waals surface area (Å²) in [4.78, 5) is 26.8. The third-order valence-electron chi connectivity index (χ3n) is 4.59. The number of aromatic nitrogens is 3.